The third-order valence-corrected chi connectivity index (χ3v) is 6.41. The van der Waals surface area contributed by atoms with Crippen LogP contribution in [0.4, 0.5) is 9.18 Å². The van der Waals surface area contributed by atoms with Crippen LogP contribution in [0.2, 0.25) is 0 Å². The number of rotatable bonds is 10. The first-order valence-electron chi connectivity index (χ1n) is 11.6. The van der Waals surface area contributed by atoms with Crippen LogP contribution >= 0.6 is 11.8 Å². The highest BCUT2D eigenvalue weighted by atomic mass is 32.2. The van der Waals surface area contributed by atoms with Gasteiger partial charge in [-0.15, -0.1) is 6.58 Å². The van der Waals surface area contributed by atoms with Crippen molar-refractivity contribution in [1.82, 2.24) is 4.90 Å². The fourth-order valence-corrected chi connectivity index (χ4v) is 4.65. The molecule has 4 rings (SSSR count). The Morgan fingerprint density at radius 3 is 2.47 bits per heavy atom. The van der Waals surface area contributed by atoms with E-state index < -0.39 is 17.0 Å². The summed E-state index contributed by atoms with van der Waals surface area (Å²) in [6.07, 6.45) is 3.95. The largest absolute Gasteiger partial charge is 0.490 e. The molecule has 184 valence electrons. The predicted molar refractivity (Wildman–Crippen MR) is 140 cm³/mol. The van der Waals surface area contributed by atoms with E-state index in [1.165, 1.54) is 6.07 Å². The van der Waals surface area contributed by atoms with Crippen LogP contribution in [0.25, 0.3) is 6.08 Å². The van der Waals surface area contributed by atoms with E-state index in [0.29, 0.717) is 36.7 Å². The molecule has 1 saturated heterocycles. The van der Waals surface area contributed by atoms with Crippen LogP contribution in [-0.2, 0) is 24.4 Å². The average molecular weight is 504 g/mol. The lowest BCUT2D eigenvalue weighted by atomic mass is 10.0. The highest BCUT2D eigenvalue weighted by Crippen LogP contribution is 2.38. The molecular weight excluding hydrogens is 477 g/mol. The second-order valence-corrected chi connectivity index (χ2v) is 9.06. The second-order valence-electron chi connectivity index (χ2n) is 8.07. The molecule has 1 fully saturated rings. The van der Waals surface area contributed by atoms with Crippen LogP contribution in [0.3, 0.4) is 0 Å². The van der Waals surface area contributed by atoms with Gasteiger partial charge in [-0.2, -0.15) is 0 Å². The van der Waals surface area contributed by atoms with E-state index >= 15 is 0 Å². The Kier molecular flexibility index (Phi) is 8.23. The van der Waals surface area contributed by atoms with Crippen molar-refractivity contribution in [1.29, 1.82) is 0 Å². The molecule has 0 radical (unpaired) electrons. The smallest absolute Gasteiger partial charge is 0.293 e. The monoisotopic (exact) mass is 503 g/mol. The Hall–Kier alpha value is -3.84. The van der Waals surface area contributed by atoms with E-state index in [1.807, 2.05) is 43.3 Å². The number of carbonyl (C=O) groups is 2. The lowest BCUT2D eigenvalue weighted by Gasteiger charge is -2.17. The number of allylic oxidation sites excluding steroid dienone is 1. The highest BCUT2D eigenvalue weighted by Gasteiger charge is 2.35. The Labute approximate surface area is 214 Å². The van der Waals surface area contributed by atoms with Crippen molar-refractivity contribution < 1.29 is 23.5 Å². The SMILES string of the molecule is C=CCc1cc(/C=C2\SC(=O)N(Cc3ccccc3F)C2=O)cc(OCC)c1OCc1ccccc1. The maximum Gasteiger partial charge on any atom is 0.293 e. The molecule has 7 heteroatoms. The molecular formula is C29H26FNO4S. The standard InChI is InChI=1S/C29H26FNO4S/c1-3-10-22-15-21(16-25(34-4-2)27(22)35-19-20-11-6-5-7-12-20)17-26-28(32)31(29(33)36-26)18-23-13-8-9-14-24(23)30/h3,5-9,11-17H,1,4,10,18-19H2,2H3/b26-17-. The van der Waals surface area contributed by atoms with Gasteiger partial charge in [-0.25, -0.2) is 4.39 Å². The first-order valence-corrected chi connectivity index (χ1v) is 12.4. The van der Waals surface area contributed by atoms with Crippen LogP contribution in [0.5, 0.6) is 11.5 Å². The summed E-state index contributed by atoms with van der Waals surface area (Å²) >= 11 is 0.836. The molecule has 0 spiro atoms. The number of halogens is 1. The van der Waals surface area contributed by atoms with Gasteiger partial charge in [0, 0.05) is 11.1 Å². The first-order chi connectivity index (χ1) is 17.5. The third kappa shape index (κ3) is 5.86. The maximum atomic E-state index is 14.1. The quantitative estimate of drug-likeness (QED) is 0.226. The molecule has 0 aliphatic carbocycles. The Morgan fingerprint density at radius 1 is 1.00 bits per heavy atom. The zero-order valence-electron chi connectivity index (χ0n) is 19.9. The number of hydrogen-bond acceptors (Lipinski definition) is 5. The summed E-state index contributed by atoms with van der Waals surface area (Å²) in [5.41, 5.74) is 2.85. The summed E-state index contributed by atoms with van der Waals surface area (Å²) in [5.74, 6) is 0.248. The van der Waals surface area contributed by atoms with Gasteiger partial charge >= 0.3 is 0 Å². The molecule has 1 aliphatic heterocycles. The number of benzene rings is 3. The van der Waals surface area contributed by atoms with Crippen molar-refractivity contribution >= 4 is 29.0 Å². The Morgan fingerprint density at radius 2 is 1.75 bits per heavy atom. The van der Waals surface area contributed by atoms with Crippen molar-refractivity contribution in [3.05, 3.63) is 112 Å². The van der Waals surface area contributed by atoms with Gasteiger partial charge in [0.15, 0.2) is 11.5 Å². The predicted octanol–water partition coefficient (Wildman–Crippen LogP) is 6.77. The normalized spacial score (nSPS) is 14.4. The summed E-state index contributed by atoms with van der Waals surface area (Å²) in [6.45, 7) is 6.42. The van der Waals surface area contributed by atoms with E-state index in [-0.39, 0.29) is 17.0 Å². The minimum atomic E-state index is -0.458. The van der Waals surface area contributed by atoms with Crippen LogP contribution in [0, 0.1) is 5.82 Å². The maximum absolute atomic E-state index is 14.1. The van der Waals surface area contributed by atoms with Gasteiger partial charge in [0.25, 0.3) is 11.1 Å². The fourth-order valence-electron chi connectivity index (χ4n) is 3.81. The second kappa shape index (κ2) is 11.7. The summed E-state index contributed by atoms with van der Waals surface area (Å²) in [7, 11) is 0. The first kappa shape index (κ1) is 25.3. The molecule has 0 atom stereocenters. The van der Waals surface area contributed by atoms with Crippen molar-refractivity contribution in [2.24, 2.45) is 0 Å². The van der Waals surface area contributed by atoms with E-state index in [1.54, 1.807) is 36.4 Å². The molecule has 2 amide bonds. The van der Waals surface area contributed by atoms with Crippen molar-refractivity contribution in [3.8, 4) is 11.5 Å². The van der Waals surface area contributed by atoms with Crippen LogP contribution in [0.1, 0.15) is 29.2 Å². The van der Waals surface area contributed by atoms with Gasteiger partial charge in [-0.1, -0.05) is 54.6 Å². The van der Waals surface area contributed by atoms with E-state index in [2.05, 4.69) is 6.58 Å². The third-order valence-electron chi connectivity index (χ3n) is 5.50. The van der Waals surface area contributed by atoms with E-state index in [0.717, 1.165) is 27.8 Å². The molecule has 1 heterocycles. The Bertz CT molecular complexity index is 1310. The number of nitrogens with zero attached hydrogens (tertiary/aromatic N) is 1. The number of amides is 2. The van der Waals surface area contributed by atoms with Gasteiger partial charge in [0.05, 0.1) is 18.1 Å². The van der Waals surface area contributed by atoms with Crippen LogP contribution in [-0.4, -0.2) is 22.7 Å². The minimum absolute atomic E-state index is 0.118. The molecule has 1 aliphatic rings. The van der Waals surface area contributed by atoms with E-state index in [4.69, 9.17) is 9.47 Å². The number of ether oxygens (including phenoxy) is 2. The molecule has 0 N–H and O–H groups in total. The van der Waals surface area contributed by atoms with Crippen LogP contribution in [0.15, 0.2) is 84.3 Å². The number of carbonyl (C=O) groups excluding carboxylic acids is 2. The lowest BCUT2D eigenvalue weighted by Crippen LogP contribution is -2.27. The molecule has 0 aromatic heterocycles. The van der Waals surface area contributed by atoms with Gasteiger partial charge in [-0.3, -0.25) is 14.5 Å². The Balaban J connectivity index is 1.62. The zero-order valence-corrected chi connectivity index (χ0v) is 20.7. The van der Waals surface area contributed by atoms with E-state index in [9.17, 15) is 14.0 Å². The highest BCUT2D eigenvalue weighted by molar-refractivity contribution is 8.18. The lowest BCUT2D eigenvalue weighted by molar-refractivity contribution is -0.123. The van der Waals surface area contributed by atoms with Crippen molar-refractivity contribution in [2.75, 3.05) is 6.61 Å². The van der Waals surface area contributed by atoms with Gasteiger partial charge in [0.2, 0.25) is 0 Å². The number of thioether (sulfide) groups is 1. The van der Waals surface area contributed by atoms with Gasteiger partial charge in [-0.05, 0) is 60.5 Å². The fraction of sp³-hybridized carbons (Fsp3) is 0.172. The van der Waals surface area contributed by atoms with Crippen molar-refractivity contribution in [3.63, 3.8) is 0 Å². The van der Waals surface area contributed by atoms with Gasteiger partial charge < -0.3 is 9.47 Å². The van der Waals surface area contributed by atoms with Crippen LogP contribution < -0.4 is 9.47 Å². The zero-order chi connectivity index (χ0) is 25.5. The summed E-state index contributed by atoms with van der Waals surface area (Å²) in [6, 6.07) is 19.6. The molecule has 3 aromatic carbocycles. The summed E-state index contributed by atoms with van der Waals surface area (Å²) < 4.78 is 26.1. The average Bonchev–Trinajstić information content (AvgIpc) is 3.13. The van der Waals surface area contributed by atoms with Gasteiger partial charge in [0.1, 0.15) is 12.4 Å². The minimum Gasteiger partial charge on any atom is -0.490 e. The molecule has 0 saturated carbocycles. The molecule has 5 nitrogen and oxygen atoms in total. The molecule has 0 bridgehead atoms. The summed E-state index contributed by atoms with van der Waals surface area (Å²) in [4.78, 5) is 26.9. The number of hydrogen-bond donors (Lipinski definition) is 0. The molecule has 3 aromatic rings. The van der Waals surface area contributed by atoms with Crippen molar-refractivity contribution in [2.45, 2.75) is 26.5 Å². The molecule has 36 heavy (non-hydrogen) atoms. The topological polar surface area (TPSA) is 55.8 Å². The summed E-state index contributed by atoms with van der Waals surface area (Å²) in [5, 5.41) is -0.436. The molecule has 0 unspecified atom stereocenters. The number of imide groups is 1.